The molecule has 1 aromatic carbocycles. The van der Waals surface area contributed by atoms with Gasteiger partial charge in [0.1, 0.15) is 0 Å². The normalized spacial score (nSPS) is 8.36. The standard InChI is InChI=1S/C10H12.Ca.2H/c1-2-3-7-10-8-5-4-6-9-10;;;/h2,4-6,8-9H,1,3,7H2;;;/q;+2;2*-1. The molecule has 0 aliphatic heterocycles. The summed E-state index contributed by atoms with van der Waals surface area (Å²) in [5.41, 5.74) is 1.39. The van der Waals surface area contributed by atoms with E-state index in [1.54, 1.807) is 0 Å². The molecule has 0 amide bonds. The minimum absolute atomic E-state index is 0. The molecule has 0 nitrogen and oxygen atoms in total. The Hall–Kier alpha value is 0.220. The molecule has 11 heavy (non-hydrogen) atoms. The summed E-state index contributed by atoms with van der Waals surface area (Å²) in [6.45, 7) is 3.68. The maximum atomic E-state index is 3.68. The third kappa shape index (κ3) is 4.62. The van der Waals surface area contributed by atoms with Crippen molar-refractivity contribution in [3.05, 3.63) is 48.6 Å². The number of allylic oxidation sites excluding steroid dienone is 1. The van der Waals surface area contributed by atoms with Crippen molar-refractivity contribution in [2.75, 3.05) is 0 Å². The molecule has 0 atom stereocenters. The van der Waals surface area contributed by atoms with Gasteiger partial charge in [0.05, 0.1) is 0 Å². The Kier molecular flexibility index (Phi) is 7.04. The van der Waals surface area contributed by atoms with E-state index in [9.17, 15) is 0 Å². The summed E-state index contributed by atoms with van der Waals surface area (Å²) in [6.07, 6.45) is 4.14. The Balaban J connectivity index is -0.000000333. The molecule has 0 radical (unpaired) electrons. The maximum absolute atomic E-state index is 3.68. The quantitative estimate of drug-likeness (QED) is 0.488. The van der Waals surface area contributed by atoms with Crippen molar-refractivity contribution in [3.8, 4) is 0 Å². The molecular formula is C10H14Ca. The third-order valence-corrected chi connectivity index (χ3v) is 1.48. The van der Waals surface area contributed by atoms with Gasteiger partial charge in [0, 0.05) is 0 Å². The van der Waals surface area contributed by atoms with E-state index in [-0.39, 0.29) is 40.6 Å². The van der Waals surface area contributed by atoms with Crippen LogP contribution >= 0.6 is 0 Å². The van der Waals surface area contributed by atoms with Gasteiger partial charge < -0.3 is 2.85 Å². The average molecular weight is 174 g/mol. The molecule has 0 spiro atoms. The SMILES string of the molecule is C=CCCc1ccccc1.[Ca+2].[H-].[H-]. The Labute approximate surface area is 101 Å². The summed E-state index contributed by atoms with van der Waals surface area (Å²) in [7, 11) is 0. The number of rotatable bonds is 3. The van der Waals surface area contributed by atoms with E-state index in [2.05, 4.69) is 30.8 Å². The van der Waals surface area contributed by atoms with E-state index in [4.69, 9.17) is 0 Å². The maximum Gasteiger partial charge on any atom is 2.00 e. The van der Waals surface area contributed by atoms with Crippen molar-refractivity contribution in [1.29, 1.82) is 0 Å². The first-order valence-electron chi connectivity index (χ1n) is 3.58. The van der Waals surface area contributed by atoms with Gasteiger partial charge >= 0.3 is 37.7 Å². The molecule has 0 heterocycles. The summed E-state index contributed by atoms with van der Waals surface area (Å²) in [5, 5.41) is 0. The molecule has 0 aliphatic rings. The molecule has 0 saturated heterocycles. The van der Waals surface area contributed by atoms with E-state index in [0.29, 0.717) is 0 Å². The van der Waals surface area contributed by atoms with Gasteiger partial charge in [-0.2, -0.15) is 0 Å². The van der Waals surface area contributed by atoms with Gasteiger partial charge in [0.15, 0.2) is 0 Å². The third-order valence-electron chi connectivity index (χ3n) is 1.48. The van der Waals surface area contributed by atoms with Crippen LogP contribution in [0.4, 0.5) is 0 Å². The second kappa shape index (κ2) is 6.90. The second-order valence-corrected chi connectivity index (χ2v) is 2.31. The van der Waals surface area contributed by atoms with E-state index in [1.165, 1.54) is 5.56 Å². The number of benzene rings is 1. The van der Waals surface area contributed by atoms with Crippen LogP contribution in [0.5, 0.6) is 0 Å². The molecule has 1 aromatic rings. The predicted molar refractivity (Wildman–Crippen MR) is 52.9 cm³/mol. The van der Waals surface area contributed by atoms with Crippen LogP contribution in [0.1, 0.15) is 14.8 Å². The second-order valence-electron chi connectivity index (χ2n) is 2.31. The largest absolute Gasteiger partial charge is 2.00 e. The van der Waals surface area contributed by atoms with Crippen LogP contribution in [-0.2, 0) is 6.42 Å². The van der Waals surface area contributed by atoms with Crippen LogP contribution in [0.2, 0.25) is 0 Å². The first-order valence-corrected chi connectivity index (χ1v) is 3.58. The molecule has 56 valence electrons. The van der Waals surface area contributed by atoms with E-state index in [1.807, 2.05) is 12.1 Å². The summed E-state index contributed by atoms with van der Waals surface area (Å²) in [6, 6.07) is 10.5. The number of hydrogen-bond donors (Lipinski definition) is 0. The fraction of sp³-hybridized carbons (Fsp3) is 0.200. The van der Waals surface area contributed by atoms with Gasteiger partial charge in [-0.15, -0.1) is 6.58 Å². The predicted octanol–water partition coefficient (Wildman–Crippen LogP) is 2.65. The zero-order valence-corrected chi connectivity index (χ0v) is 9.00. The average Bonchev–Trinajstić information content (AvgIpc) is 2.03. The summed E-state index contributed by atoms with van der Waals surface area (Å²) in [4.78, 5) is 0. The van der Waals surface area contributed by atoms with Crippen LogP contribution in [0.25, 0.3) is 0 Å². The molecule has 0 saturated carbocycles. The first kappa shape index (κ1) is 11.2. The van der Waals surface area contributed by atoms with Gasteiger partial charge in [-0.05, 0) is 18.4 Å². The zero-order chi connectivity index (χ0) is 7.23. The molecule has 0 fully saturated rings. The van der Waals surface area contributed by atoms with E-state index < -0.39 is 0 Å². The summed E-state index contributed by atoms with van der Waals surface area (Å²) >= 11 is 0. The molecule has 1 heteroatoms. The van der Waals surface area contributed by atoms with Crippen molar-refractivity contribution in [2.24, 2.45) is 0 Å². The molecule has 0 N–H and O–H groups in total. The van der Waals surface area contributed by atoms with Crippen molar-refractivity contribution in [3.63, 3.8) is 0 Å². The van der Waals surface area contributed by atoms with Gasteiger partial charge in [-0.25, -0.2) is 0 Å². The van der Waals surface area contributed by atoms with Crippen LogP contribution in [-0.4, -0.2) is 37.7 Å². The van der Waals surface area contributed by atoms with Gasteiger partial charge in [-0.3, -0.25) is 0 Å². The Morgan fingerprint density at radius 3 is 2.45 bits per heavy atom. The van der Waals surface area contributed by atoms with E-state index >= 15 is 0 Å². The minimum Gasteiger partial charge on any atom is -1.00 e. The molecule has 0 unspecified atom stereocenters. The molecule has 0 bridgehead atoms. The minimum atomic E-state index is 0. The summed E-state index contributed by atoms with van der Waals surface area (Å²) < 4.78 is 0. The van der Waals surface area contributed by atoms with Crippen LogP contribution in [0, 0.1) is 0 Å². The van der Waals surface area contributed by atoms with Gasteiger partial charge in [0.25, 0.3) is 0 Å². The van der Waals surface area contributed by atoms with Crippen LogP contribution < -0.4 is 0 Å². The van der Waals surface area contributed by atoms with Crippen molar-refractivity contribution >= 4 is 37.7 Å². The first-order chi connectivity index (χ1) is 4.93. The molecule has 0 aliphatic carbocycles. The molecular weight excluding hydrogens is 160 g/mol. The van der Waals surface area contributed by atoms with Gasteiger partial charge in [0.2, 0.25) is 0 Å². The Morgan fingerprint density at radius 2 is 1.91 bits per heavy atom. The Morgan fingerprint density at radius 1 is 1.27 bits per heavy atom. The van der Waals surface area contributed by atoms with E-state index in [0.717, 1.165) is 12.8 Å². The van der Waals surface area contributed by atoms with Crippen LogP contribution in [0.15, 0.2) is 43.0 Å². The number of hydrogen-bond acceptors (Lipinski definition) is 0. The Bertz CT molecular complexity index is 199. The molecule has 0 aromatic heterocycles. The molecule has 1 rings (SSSR count). The smallest absolute Gasteiger partial charge is 1.00 e. The fourth-order valence-electron chi connectivity index (χ4n) is 0.913. The topological polar surface area (TPSA) is 0 Å². The van der Waals surface area contributed by atoms with Crippen molar-refractivity contribution < 1.29 is 2.85 Å². The monoisotopic (exact) mass is 174 g/mol. The van der Waals surface area contributed by atoms with Crippen molar-refractivity contribution in [1.82, 2.24) is 0 Å². The number of aryl methyl sites for hydroxylation is 1. The van der Waals surface area contributed by atoms with Crippen molar-refractivity contribution in [2.45, 2.75) is 12.8 Å². The van der Waals surface area contributed by atoms with Crippen LogP contribution in [0.3, 0.4) is 0 Å². The fourth-order valence-corrected chi connectivity index (χ4v) is 0.913. The zero-order valence-electron chi connectivity index (χ0n) is 8.79. The summed E-state index contributed by atoms with van der Waals surface area (Å²) in [5.74, 6) is 0. The van der Waals surface area contributed by atoms with Gasteiger partial charge in [-0.1, -0.05) is 36.4 Å².